The van der Waals surface area contributed by atoms with Gasteiger partial charge >= 0.3 is 0 Å². The van der Waals surface area contributed by atoms with E-state index in [9.17, 15) is 4.39 Å². The Kier molecular flexibility index (Phi) is 3.33. The van der Waals surface area contributed by atoms with Gasteiger partial charge in [0.05, 0.1) is 5.69 Å². The number of hydrogen-bond donors (Lipinski definition) is 2. The van der Waals surface area contributed by atoms with Gasteiger partial charge in [-0.1, -0.05) is 0 Å². The molecule has 0 aliphatic heterocycles. The number of aryl methyl sites for hydroxylation is 1. The van der Waals surface area contributed by atoms with E-state index in [-0.39, 0.29) is 5.82 Å². The number of nitrogens with two attached hydrogens (primary N) is 1. The highest BCUT2D eigenvalue weighted by Gasteiger charge is 2.04. The number of nitrogen functional groups attached to an aromatic ring is 1. The van der Waals surface area contributed by atoms with E-state index in [4.69, 9.17) is 5.73 Å². The molecule has 0 saturated carbocycles. The lowest BCUT2D eigenvalue weighted by Crippen LogP contribution is -1.96. The second kappa shape index (κ2) is 4.75. The third-order valence-corrected chi connectivity index (χ3v) is 3.14. The molecular weight excluding hydrogens is 283 g/mol. The Hall–Kier alpha value is -1.55. The molecule has 17 heavy (non-hydrogen) atoms. The minimum atomic E-state index is -0.274. The SMILES string of the molecule is Cc1cc(N)ccc1Nc1cc(F)ccc1Br. The lowest BCUT2D eigenvalue weighted by Gasteiger charge is -2.11. The zero-order valence-electron chi connectivity index (χ0n) is 9.30. The topological polar surface area (TPSA) is 38.0 Å². The lowest BCUT2D eigenvalue weighted by atomic mass is 10.1. The number of rotatable bonds is 2. The fourth-order valence-electron chi connectivity index (χ4n) is 1.57. The van der Waals surface area contributed by atoms with Crippen LogP contribution >= 0.6 is 15.9 Å². The van der Waals surface area contributed by atoms with Gasteiger partial charge in [0.15, 0.2) is 0 Å². The van der Waals surface area contributed by atoms with Crippen molar-refractivity contribution in [2.45, 2.75) is 6.92 Å². The Balaban J connectivity index is 2.34. The normalized spacial score (nSPS) is 10.3. The summed E-state index contributed by atoms with van der Waals surface area (Å²) in [6, 6.07) is 10.1. The molecule has 0 bridgehead atoms. The van der Waals surface area contributed by atoms with Crippen LogP contribution in [0.5, 0.6) is 0 Å². The summed E-state index contributed by atoms with van der Waals surface area (Å²) < 4.78 is 13.9. The summed E-state index contributed by atoms with van der Waals surface area (Å²) in [4.78, 5) is 0. The Bertz CT molecular complexity index is 555. The minimum Gasteiger partial charge on any atom is -0.399 e. The van der Waals surface area contributed by atoms with E-state index in [1.165, 1.54) is 12.1 Å². The van der Waals surface area contributed by atoms with Crippen LogP contribution in [-0.4, -0.2) is 0 Å². The van der Waals surface area contributed by atoms with Gasteiger partial charge in [-0.15, -0.1) is 0 Å². The zero-order valence-corrected chi connectivity index (χ0v) is 10.9. The van der Waals surface area contributed by atoms with Gasteiger partial charge in [0.25, 0.3) is 0 Å². The molecule has 0 spiro atoms. The molecule has 0 heterocycles. The molecule has 0 saturated heterocycles. The average Bonchev–Trinajstić information content (AvgIpc) is 2.27. The highest BCUT2D eigenvalue weighted by molar-refractivity contribution is 9.10. The van der Waals surface area contributed by atoms with Gasteiger partial charge in [0.2, 0.25) is 0 Å². The van der Waals surface area contributed by atoms with Gasteiger partial charge < -0.3 is 11.1 Å². The third kappa shape index (κ3) is 2.77. The van der Waals surface area contributed by atoms with Crippen molar-refractivity contribution in [1.82, 2.24) is 0 Å². The molecule has 0 amide bonds. The third-order valence-electron chi connectivity index (χ3n) is 2.45. The summed E-state index contributed by atoms with van der Waals surface area (Å²) in [6.45, 7) is 1.95. The van der Waals surface area contributed by atoms with E-state index < -0.39 is 0 Å². The van der Waals surface area contributed by atoms with Crippen molar-refractivity contribution >= 4 is 33.0 Å². The average molecular weight is 295 g/mol. The van der Waals surface area contributed by atoms with Crippen molar-refractivity contribution in [2.24, 2.45) is 0 Å². The van der Waals surface area contributed by atoms with Crippen LogP contribution in [0.4, 0.5) is 21.5 Å². The van der Waals surface area contributed by atoms with Crippen molar-refractivity contribution in [2.75, 3.05) is 11.1 Å². The van der Waals surface area contributed by atoms with E-state index in [2.05, 4.69) is 21.2 Å². The van der Waals surface area contributed by atoms with Crippen LogP contribution < -0.4 is 11.1 Å². The molecule has 0 aliphatic rings. The molecule has 2 rings (SSSR count). The molecule has 0 radical (unpaired) electrons. The monoisotopic (exact) mass is 294 g/mol. The summed E-state index contributed by atoms with van der Waals surface area (Å²) in [6.07, 6.45) is 0. The molecule has 0 aromatic heterocycles. The number of nitrogens with one attached hydrogen (secondary N) is 1. The van der Waals surface area contributed by atoms with Crippen molar-refractivity contribution in [3.8, 4) is 0 Å². The predicted octanol–water partition coefficient (Wildman–Crippen LogP) is 4.22. The highest BCUT2D eigenvalue weighted by atomic mass is 79.9. The van der Waals surface area contributed by atoms with Crippen LogP contribution in [0.1, 0.15) is 5.56 Å². The molecule has 4 heteroatoms. The molecule has 2 aromatic rings. The maximum absolute atomic E-state index is 13.1. The second-order valence-corrected chi connectivity index (χ2v) is 4.68. The molecule has 0 unspecified atom stereocenters. The van der Waals surface area contributed by atoms with Crippen molar-refractivity contribution in [1.29, 1.82) is 0 Å². The summed E-state index contributed by atoms with van der Waals surface area (Å²) in [5, 5.41) is 3.17. The molecule has 0 atom stereocenters. The lowest BCUT2D eigenvalue weighted by molar-refractivity contribution is 0.628. The first kappa shape index (κ1) is 11.9. The number of anilines is 3. The quantitative estimate of drug-likeness (QED) is 0.814. The van der Waals surface area contributed by atoms with Crippen LogP contribution in [0.25, 0.3) is 0 Å². The maximum atomic E-state index is 13.1. The first-order valence-electron chi connectivity index (χ1n) is 5.14. The number of halogens is 2. The van der Waals surface area contributed by atoms with E-state index in [1.807, 2.05) is 25.1 Å². The van der Waals surface area contributed by atoms with Crippen LogP contribution in [0.2, 0.25) is 0 Å². The van der Waals surface area contributed by atoms with Gasteiger partial charge in [-0.25, -0.2) is 4.39 Å². The molecule has 0 fully saturated rings. The van der Waals surface area contributed by atoms with Crippen LogP contribution in [-0.2, 0) is 0 Å². The highest BCUT2D eigenvalue weighted by Crippen LogP contribution is 2.28. The van der Waals surface area contributed by atoms with Gasteiger partial charge in [0, 0.05) is 15.8 Å². The Morgan fingerprint density at radius 2 is 1.88 bits per heavy atom. The molecule has 3 N–H and O–H groups in total. The van der Waals surface area contributed by atoms with E-state index in [0.717, 1.165) is 15.7 Å². The Labute approximate surface area is 108 Å². The van der Waals surface area contributed by atoms with Crippen molar-refractivity contribution in [3.63, 3.8) is 0 Å². The smallest absolute Gasteiger partial charge is 0.125 e. The molecule has 0 aliphatic carbocycles. The van der Waals surface area contributed by atoms with Crippen LogP contribution in [0, 0.1) is 12.7 Å². The summed E-state index contributed by atoms with van der Waals surface area (Å²) in [7, 11) is 0. The van der Waals surface area contributed by atoms with E-state index in [0.29, 0.717) is 11.4 Å². The van der Waals surface area contributed by atoms with Crippen LogP contribution in [0.3, 0.4) is 0 Å². The Morgan fingerprint density at radius 3 is 2.59 bits per heavy atom. The van der Waals surface area contributed by atoms with Gasteiger partial charge in [0.1, 0.15) is 5.82 Å². The standard InChI is InChI=1S/C13H12BrFN2/c1-8-6-10(16)3-5-12(8)17-13-7-9(15)2-4-11(13)14/h2-7,17H,16H2,1H3. The number of hydrogen-bond acceptors (Lipinski definition) is 2. The van der Waals surface area contributed by atoms with Crippen molar-refractivity contribution < 1.29 is 4.39 Å². The summed E-state index contributed by atoms with van der Waals surface area (Å²) in [5.41, 5.74) is 9.01. The van der Waals surface area contributed by atoms with E-state index >= 15 is 0 Å². The van der Waals surface area contributed by atoms with Crippen molar-refractivity contribution in [3.05, 3.63) is 52.3 Å². The first-order chi connectivity index (χ1) is 8.06. The van der Waals surface area contributed by atoms with Crippen LogP contribution in [0.15, 0.2) is 40.9 Å². The predicted molar refractivity (Wildman–Crippen MR) is 73.0 cm³/mol. The van der Waals surface area contributed by atoms with E-state index in [1.54, 1.807) is 6.07 Å². The largest absolute Gasteiger partial charge is 0.399 e. The summed E-state index contributed by atoms with van der Waals surface area (Å²) in [5.74, 6) is -0.274. The first-order valence-corrected chi connectivity index (χ1v) is 5.94. The summed E-state index contributed by atoms with van der Waals surface area (Å²) >= 11 is 3.37. The van der Waals surface area contributed by atoms with Gasteiger partial charge in [-0.05, 0) is 64.8 Å². The molecule has 88 valence electrons. The molecule has 2 aromatic carbocycles. The fraction of sp³-hybridized carbons (Fsp3) is 0.0769. The maximum Gasteiger partial charge on any atom is 0.125 e. The minimum absolute atomic E-state index is 0.274. The second-order valence-electron chi connectivity index (χ2n) is 3.82. The molecular formula is C13H12BrFN2. The fourth-order valence-corrected chi connectivity index (χ4v) is 1.91. The molecule has 2 nitrogen and oxygen atoms in total. The zero-order chi connectivity index (χ0) is 12.4. The Morgan fingerprint density at radius 1 is 1.12 bits per heavy atom. The number of benzene rings is 2. The van der Waals surface area contributed by atoms with Gasteiger partial charge in [-0.3, -0.25) is 0 Å². The van der Waals surface area contributed by atoms with Gasteiger partial charge in [-0.2, -0.15) is 0 Å².